The SMILES string of the molecule is NC(=O)CC[C@H](NC(=O)[C@H](CCC(N)=O)NC(=O)[C@@H](N)CCC(N)=O)C(=O)N[C@@H](Cc1c[nH]c2ccccc12)C(=O)O. The number of carboxylic acids is 1. The van der Waals surface area contributed by atoms with Gasteiger partial charge in [-0.3, -0.25) is 28.8 Å². The van der Waals surface area contributed by atoms with Crippen molar-refractivity contribution < 1.29 is 38.7 Å². The van der Waals surface area contributed by atoms with E-state index in [-0.39, 0.29) is 44.9 Å². The number of H-pyrrole nitrogens is 1. The molecule has 16 heteroatoms. The van der Waals surface area contributed by atoms with E-state index in [1.54, 1.807) is 30.5 Å². The van der Waals surface area contributed by atoms with E-state index in [1.165, 1.54) is 0 Å². The maximum atomic E-state index is 13.2. The average molecular weight is 589 g/mol. The Kier molecular flexibility index (Phi) is 12.4. The largest absolute Gasteiger partial charge is 0.480 e. The van der Waals surface area contributed by atoms with Gasteiger partial charge in [-0.15, -0.1) is 0 Å². The van der Waals surface area contributed by atoms with Crippen molar-refractivity contribution in [2.75, 3.05) is 0 Å². The Bertz CT molecular complexity index is 1330. The topological polar surface area (TPSA) is 296 Å². The first-order chi connectivity index (χ1) is 19.8. The van der Waals surface area contributed by atoms with Crippen LogP contribution in [-0.2, 0) is 40.0 Å². The zero-order chi connectivity index (χ0) is 31.4. The number of nitrogens with one attached hydrogen (secondary N) is 4. The van der Waals surface area contributed by atoms with E-state index in [1.807, 2.05) is 0 Å². The van der Waals surface area contributed by atoms with Crippen molar-refractivity contribution in [2.45, 2.75) is 69.1 Å². The van der Waals surface area contributed by atoms with Crippen LogP contribution in [0.5, 0.6) is 0 Å². The van der Waals surface area contributed by atoms with Crippen molar-refractivity contribution in [2.24, 2.45) is 22.9 Å². The van der Waals surface area contributed by atoms with Crippen LogP contribution in [0.15, 0.2) is 30.5 Å². The Morgan fingerprint density at radius 3 is 1.71 bits per heavy atom. The van der Waals surface area contributed by atoms with Gasteiger partial charge in [-0.05, 0) is 30.9 Å². The number of rotatable bonds is 18. The normalized spacial score (nSPS) is 13.7. The van der Waals surface area contributed by atoms with Crippen molar-refractivity contribution in [3.8, 4) is 0 Å². The van der Waals surface area contributed by atoms with Gasteiger partial charge >= 0.3 is 5.97 Å². The maximum absolute atomic E-state index is 13.2. The number of nitrogens with two attached hydrogens (primary N) is 4. The second-order valence-corrected chi connectivity index (χ2v) is 9.71. The molecular weight excluding hydrogens is 552 g/mol. The molecule has 0 unspecified atom stereocenters. The van der Waals surface area contributed by atoms with Gasteiger partial charge in [0.25, 0.3) is 0 Å². The summed E-state index contributed by atoms with van der Waals surface area (Å²) < 4.78 is 0. The van der Waals surface area contributed by atoms with Crippen molar-refractivity contribution in [1.29, 1.82) is 0 Å². The smallest absolute Gasteiger partial charge is 0.326 e. The highest BCUT2D eigenvalue weighted by molar-refractivity contribution is 5.95. The van der Waals surface area contributed by atoms with Gasteiger partial charge < -0.3 is 49.0 Å². The lowest BCUT2D eigenvalue weighted by atomic mass is 10.0. The monoisotopic (exact) mass is 588 g/mol. The zero-order valence-electron chi connectivity index (χ0n) is 22.8. The first-order valence-corrected chi connectivity index (χ1v) is 13.1. The molecule has 1 aromatic heterocycles. The number of aromatic nitrogens is 1. The van der Waals surface area contributed by atoms with E-state index in [4.69, 9.17) is 22.9 Å². The second kappa shape index (κ2) is 15.7. The Hall–Kier alpha value is -4.99. The highest BCUT2D eigenvalue weighted by Gasteiger charge is 2.31. The lowest BCUT2D eigenvalue weighted by Crippen LogP contribution is -2.57. The third-order valence-corrected chi connectivity index (χ3v) is 6.38. The predicted octanol–water partition coefficient (Wildman–Crippen LogP) is -2.63. The van der Waals surface area contributed by atoms with Crippen LogP contribution in [0.3, 0.4) is 0 Å². The molecule has 0 saturated carbocycles. The van der Waals surface area contributed by atoms with Crippen LogP contribution in [0, 0.1) is 0 Å². The summed E-state index contributed by atoms with van der Waals surface area (Å²) in [4.78, 5) is 87.7. The third kappa shape index (κ3) is 10.5. The van der Waals surface area contributed by atoms with E-state index >= 15 is 0 Å². The van der Waals surface area contributed by atoms with Gasteiger partial charge in [0.15, 0.2) is 0 Å². The van der Waals surface area contributed by atoms with E-state index in [2.05, 4.69) is 20.9 Å². The van der Waals surface area contributed by atoms with Crippen LogP contribution in [-0.4, -0.2) is 75.7 Å². The molecule has 0 aliphatic rings. The highest BCUT2D eigenvalue weighted by Crippen LogP contribution is 2.19. The molecule has 6 amide bonds. The number of aromatic amines is 1. The van der Waals surface area contributed by atoms with Gasteiger partial charge in [-0.25, -0.2) is 4.79 Å². The quantitative estimate of drug-likeness (QED) is 0.0878. The fourth-order valence-electron chi connectivity index (χ4n) is 4.08. The van der Waals surface area contributed by atoms with Crippen molar-refractivity contribution in [3.05, 3.63) is 36.0 Å². The number of amides is 6. The number of hydrogen-bond acceptors (Lipinski definition) is 8. The first kappa shape index (κ1) is 33.2. The first-order valence-electron chi connectivity index (χ1n) is 13.1. The molecule has 13 N–H and O–H groups in total. The van der Waals surface area contributed by atoms with Crippen molar-refractivity contribution >= 4 is 52.3 Å². The third-order valence-electron chi connectivity index (χ3n) is 6.38. The molecule has 4 atom stereocenters. The van der Waals surface area contributed by atoms with Gasteiger partial charge in [0.1, 0.15) is 18.1 Å². The van der Waals surface area contributed by atoms with Crippen LogP contribution in [0.25, 0.3) is 10.9 Å². The standard InChI is InChI=1S/C26H36N8O8/c27-15(5-8-20(28)35)23(38)32-17(6-9-21(29)36)24(39)33-18(7-10-22(30)37)25(40)34-19(26(41)42)11-13-12-31-16-4-2-1-3-14(13)16/h1-4,12,15,17-19,31H,5-11,27H2,(H2,28,35)(H2,29,36)(H2,30,37)(H,32,38)(H,33,39)(H,34,40)(H,41,42)/t15-,17-,18-,19-/m0/s1. The van der Waals surface area contributed by atoms with Crippen LogP contribution in [0.4, 0.5) is 0 Å². The maximum Gasteiger partial charge on any atom is 0.326 e. The Morgan fingerprint density at radius 2 is 1.19 bits per heavy atom. The molecule has 0 saturated heterocycles. The van der Waals surface area contributed by atoms with Crippen LogP contribution < -0.4 is 38.9 Å². The summed E-state index contributed by atoms with van der Waals surface area (Å²) >= 11 is 0. The van der Waals surface area contributed by atoms with E-state index in [9.17, 15) is 38.7 Å². The highest BCUT2D eigenvalue weighted by atomic mass is 16.4. The number of carboxylic acid groups (broad SMARTS) is 1. The fourth-order valence-corrected chi connectivity index (χ4v) is 4.08. The van der Waals surface area contributed by atoms with Crippen LogP contribution in [0.1, 0.15) is 44.1 Å². The van der Waals surface area contributed by atoms with Crippen molar-refractivity contribution in [1.82, 2.24) is 20.9 Å². The number of fused-ring (bicyclic) bond motifs is 1. The molecule has 0 bridgehead atoms. The predicted molar refractivity (Wildman–Crippen MR) is 149 cm³/mol. The molecule has 42 heavy (non-hydrogen) atoms. The molecule has 228 valence electrons. The van der Waals surface area contributed by atoms with Gasteiger partial charge in [-0.2, -0.15) is 0 Å². The molecule has 16 nitrogen and oxygen atoms in total. The molecule has 0 aliphatic heterocycles. The Labute approximate surface area is 240 Å². The number of carbonyl (C=O) groups excluding carboxylic acids is 6. The lowest BCUT2D eigenvalue weighted by Gasteiger charge is -2.25. The van der Waals surface area contributed by atoms with Crippen LogP contribution in [0.2, 0.25) is 0 Å². The minimum Gasteiger partial charge on any atom is -0.480 e. The summed E-state index contributed by atoms with van der Waals surface area (Å²) in [6.45, 7) is 0. The second-order valence-electron chi connectivity index (χ2n) is 9.71. The Balaban J connectivity index is 2.20. The fraction of sp³-hybridized carbons (Fsp3) is 0.423. The molecule has 1 heterocycles. The number of aliphatic carboxylic acids is 1. The van der Waals surface area contributed by atoms with Crippen molar-refractivity contribution in [3.63, 3.8) is 0 Å². The number of hydrogen-bond donors (Lipinski definition) is 9. The van der Waals surface area contributed by atoms with Gasteiger partial charge in [0, 0.05) is 42.8 Å². The van der Waals surface area contributed by atoms with E-state index in [0.717, 1.165) is 10.9 Å². The number of carbonyl (C=O) groups is 7. The number of benzene rings is 1. The number of para-hydroxylation sites is 1. The summed E-state index contributed by atoms with van der Waals surface area (Å²) in [5, 5.41) is 17.7. The van der Waals surface area contributed by atoms with Gasteiger partial charge in [-0.1, -0.05) is 18.2 Å². The Morgan fingerprint density at radius 1 is 0.714 bits per heavy atom. The van der Waals surface area contributed by atoms with E-state index < -0.39 is 65.6 Å². The molecule has 0 radical (unpaired) electrons. The number of primary amides is 3. The summed E-state index contributed by atoms with van der Waals surface area (Å²) in [7, 11) is 0. The molecule has 2 aromatic rings. The zero-order valence-corrected chi connectivity index (χ0v) is 22.8. The molecule has 0 aliphatic carbocycles. The van der Waals surface area contributed by atoms with Gasteiger partial charge in [0.05, 0.1) is 6.04 Å². The summed E-state index contributed by atoms with van der Waals surface area (Å²) in [6.07, 6.45) is 0.0150. The molecule has 0 spiro atoms. The molecule has 0 fully saturated rings. The lowest BCUT2D eigenvalue weighted by molar-refractivity contribution is -0.142. The summed E-state index contributed by atoms with van der Waals surface area (Å²) in [5.74, 6) is -6.27. The molecule has 1 aromatic carbocycles. The average Bonchev–Trinajstić information content (AvgIpc) is 3.33. The van der Waals surface area contributed by atoms with Crippen LogP contribution >= 0.6 is 0 Å². The molecular formula is C26H36N8O8. The van der Waals surface area contributed by atoms with E-state index in [0.29, 0.717) is 5.56 Å². The molecule has 2 rings (SSSR count). The minimum atomic E-state index is -1.44. The van der Waals surface area contributed by atoms with Gasteiger partial charge in [0.2, 0.25) is 35.4 Å². The summed E-state index contributed by atoms with van der Waals surface area (Å²) in [6, 6.07) is 1.73. The summed E-state index contributed by atoms with van der Waals surface area (Å²) in [5.41, 5.74) is 22.6. The minimum absolute atomic E-state index is 0.0952.